The topological polar surface area (TPSA) is 51.8 Å². The molecule has 3 heterocycles. The molecule has 0 unspecified atom stereocenters. The first-order valence-electron chi connectivity index (χ1n) is 24.1. The van der Waals surface area contributed by atoms with Crippen molar-refractivity contribution in [2.45, 2.75) is 13.0 Å². The summed E-state index contributed by atoms with van der Waals surface area (Å²) in [5.74, 6) is -0.242. The zero-order valence-corrected chi connectivity index (χ0v) is 26.8. The van der Waals surface area contributed by atoms with Crippen molar-refractivity contribution in [1.82, 2.24) is 15.0 Å². The van der Waals surface area contributed by atoms with Crippen molar-refractivity contribution in [2.75, 3.05) is 0 Å². The van der Waals surface area contributed by atoms with E-state index in [4.69, 9.17) is 35.8 Å². The first-order chi connectivity index (χ1) is 31.6. The molecule has 50 heavy (non-hydrogen) atoms. The quantitative estimate of drug-likeness (QED) is 0.174. The van der Waals surface area contributed by atoms with Gasteiger partial charge in [-0.3, -0.25) is 0 Å². The normalized spacial score (nSPS) is 18.5. The average molecular weight is 675 g/mol. The number of hydrogen-bond donors (Lipinski definition) is 0. The standard InChI is InChI=1S/C45H31N3OSi/c1-50(2)37-23-12-11-22-34(37)40-38(50)27-36(39-35-25-24-29-16-9-10-21-33(29)41(35)49-42(39)40)45-47-43(30-17-7-4-8-18-30)46-44(48-45)32-20-13-19-31(26-32)28-14-5-3-6-15-28/h3-27H,1-2H3/i1D3,2D3,9D,10D,11D,12D,16D,21D,22D,23D,24D,25D,27D. The average Bonchev–Trinajstić information content (AvgIpc) is 3.87. The third-order valence-electron chi connectivity index (χ3n) is 8.92. The van der Waals surface area contributed by atoms with Crippen LogP contribution < -0.4 is 10.4 Å². The minimum absolute atomic E-state index is 0.0485. The summed E-state index contributed by atoms with van der Waals surface area (Å²) < 4.78 is 161. The van der Waals surface area contributed by atoms with Gasteiger partial charge in [0.25, 0.3) is 0 Å². The van der Waals surface area contributed by atoms with Gasteiger partial charge in [0.2, 0.25) is 0 Å². The fraction of sp³-hybridized carbons (Fsp3) is 0.0444. The molecule has 1 aliphatic heterocycles. The molecule has 7 aromatic carbocycles. The summed E-state index contributed by atoms with van der Waals surface area (Å²) in [7, 11) is -5.73. The van der Waals surface area contributed by atoms with E-state index in [1.807, 2.05) is 42.5 Å². The van der Waals surface area contributed by atoms with E-state index in [9.17, 15) is 6.85 Å². The molecule has 9 aromatic rings. The SMILES string of the molecule is [2H]c1c([2H])c([2H])c2c(c1[2H])-c1c(c([2H])c(-c3nc(-c4ccccc4)nc(-c4cccc(-c5ccccc5)c4)n3)c3c1oc1c4c([2H])c([2H])c([2H])c([2H])c4c([2H])c([2H])c13)[Si]2(C([2H])([2H])[2H])C([2H])([2H])[2H]. The van der Waals surface area contributed by atoms with Crippen molar-refractivity contribution < 1.29 is 27.7 Å². The zero-order valence-electron chi connectivity index (χ0n) is 42.8. The Bertz CT molecular complexity index is 3620. The van der Waals surface area contributed by atoms with Crippen LogP contribution >= 0.6 is 0 Å². The highest BCUT2D eigenvalue weighted by Crippen LogP contribution is 2.45. The molecule has 2 aromatic heterocycles. The maximum Gasteiger partial charge on any atom is 0.164 e. The van der Waals surface area contributed by atoms with Gasteiger partial charge in [-0.15, -0.1) is 0 Å². The predicted octanol–water partition coefficient (Wildman–Crippen LogP) is 10.4. The Morgan fingerprint density at radius 2 is 1.24 bits per heavy atom. The highest BCUT2D eigenvalue weighted by molar-refractivity contribution is 7.04. The second-order valence-corrected chi connectivity index (χ2v) is 14.4. The Hall–Kier alpha value is -6.17. The maximum absolute atomic E-state index is 10.3. The molecule has 5 heteroatoms. The van der Waals surface area contributed by atoms with E-state index in [0.717, 1.165) is 11.1 Å². The summed E-state index contributed by atoms with van der Waals surface area (Å²) in [6.45, 7) is -7.08. The third kappa shape index (κ3) is 4.33. The number of nitrogens with zero attached hydrogens (tertiary/aromatic N) is 3. The fourth-order valence-corrected chi connectivity index (χ4v) is 8.59. The lowest BCUT2D eigenvalue weighted by Gasteiger charge is -2.19. The smallest absolute Gasteiger partial charge is 0.164 e. The molecule has 0 amide bonds. The van der Waals surface area contributed by atoms with Crippen LogP contribution in [0.3, 0.4) is 0 Å². The number of furan rings is 1. The zero-order chi connectivity index (χ0) is 48.0. The van der Waals surface area contributed by atoms with Crippen molar-refractivity contribution in [3.63, 3.8) is 0 Å². The molecule has 0 spiro atoms. The van der Waals surface area contributed by atoms with Gasteiger partial charge in [0.05, 0.1) is 15.1 Å². The van der Waals surface area contributed by atoms with Gasteiger partial charge in [-0.1, -0.05) is 146 Å². The van der Waals surface area contributed by atoms with Gasteiger partial charge in [0, 0.05) is 46.6 Å². The number of benzene rings is 7. The Morgan fingerprint density at radius 3 is 2.06 bits per heavy atom. The molecule has 0 N–H and O–H groups in total. The number of rotatable bonds is 4. The van der Waals surface area contributed by atoms with Crippen molar-refractivity contribution in [1.29, 1.82) is 0 Å². The Morgan fingerprint density at radius 1 is 0.560 bits per heavy atom. The number of fused-ring (bicyclic) bond motifs is 9. The van der Waals surface area contributed by atoms with Crippen LogP contribution in [0.25, 0.3) is 89.1 Å². The van der Waals surface area contributed by atoms with Crippen LogP contribution in [0.2, 0.25) is 13.0 Å². The van der Waals surface area contributed by atoms with Crippen molar-refractivity contribution in [3.8, 4) is 56.4 Å². The Labute approximate surface area is 314 Å². The summed E-state index contributed by atoms with van der Waals surface area (Å²) in [5.41, 5.74) is 0.305. The molecule has 0 saturated carbocycles. The lowest BCUT2D eigenvalue weighted by atomic mass is 9.97. The molecule has 0 radical (unpaired) electrons. The number of aromatic nitrogens is 3. The minimum Gasteiger partial charge on any atom is -0.455 e. The van der Waals surface area contributed by atoms with E-state index in [1.165, 1.54) is 0 Å². The molecule has 0 atom stereocenters. The summed E-state index contributed by atoms with van der Waals surface area (Å²) in [4.78, 5) is 14.6. The fourth-order valence-electron chi connectivity index (χ4n) is 6.60. The third-order valence-corrected chi connectivity index (χ3v) is 11.2. The summed E-state index contributed by atoms with van der Waals surface area (Å²) in [6, 6.07) is 17.0. The summed E-state index contributed by atoms with van der Waals surface area (Å²) in [5, 5.41) is -2.68. The second-order valence-electron chi connectivity index (χ2n) is 11.9. The minimum atomic E-state index is -5.73. The molecule has 0 bridgehead atoms. The lowest BCUT2D eigenvalue weighted by Crippen LogP contribution is -2.49. The van der Waals surface area contributed by atoms with Crippen molar-refractivity contribution >= 4 is 51.2 Å². The Balaban J connectivity index is 1.48. The Kier molecular flexibility index (Phi) is 3.60. The van der Waals surface area contributed by atoms with E-state index >= 15 is 0 Å². The van der Waals surface area contributed by atoms with Crippen LogP contribution in [-0.4, -0.2) is 23.0 Å². The van der Waals surface area contributed by atoms with Gasteiger partial charge in [0.1, 0.15) is 19.2 Å². The van der Waals surface area contributed by atoms with Crippen LogP contribution in [0.1, 0.15) is 23.3 Å². The van der Waals surface area contributed by atoms with E-state index in [1.54, 1.807) is 42.5 Å². The van der Waals surface area contributed by atoms with Crippen LogP contribution in [0.4, 0.5) is 0 Å². The van der Waals surface area contributed by atoms with E-state index in [-0.39, 0.29) is 33.6 Å². The predicted molar refractivity (Wildman–Crippen MR) is 209 cm³/mol. The maximum atomic E-state index is 10.3. The van der Waals surface area contributed by atoms with Gasteiger partial charge in [-0.2, -0.15) is 0 Å². The van der Waals surface area contributed by atoms with E-state index in [0.29, 0.717) is 11.1 Å². The second kappa shape index (κ2) is 10.9. The van der Waals surface area contributed by atoms with Crippen molar-refractivity contribution in [3.05, 3.63) is 151 Å². The van der Waals surface area contributed by atoms with E-state index < -0.39 is 131 Å². The molecule has 4 nitrogen and oxygen atoms in total. The highest BCUT2D eigenvalue weighted by atomic mass is 28.3. The molecule has 0 fully saturated rings. The molecule has 1 aliphatic rings. The van der Waals surface area contributed by atoms with Gasteiger partial charge in [-0.25, -0.2) is 15.0 Å². The molecule has 0 saturated heterocycles. The van der Waals surface area contributed by atoms with Crippen LogP contribution in [-0.2, 0) is 0 Å². The number of hydrogen-bond acceptors (Lipinski definition) is 4. The van der Waals surface area contributed by atoms with Crippen LogP contribution in [0, 0.1) is 0 Å². The molecule has 0 aliphatic carbocycles. The largest absolute Gasteiger partial charge is 0.455 e. The first-order valence-corrected chi connectivity index (χ1v) is 17.6. The van der Waals surface area contributed by atoms with Crippen LogP contribution in [0.5, 0.6) is 0 Å². The van der Waals surface area contributed by atoms with Crippen LogP contribution in [0.15, 0.2) is 156 Å². The van der Waals surface area contributed by atoms with Gasteiger partial charge in [-0.05, 0) is 50.6 Å². The summed E-state index contributed by atoms with van der Waals surface area (Å²) >= 11 is 0. The first kappa shape index (κ1) is 16.5. The monoisotopic (exact) mass is 674 g/mol. The molecule has 236 valence electrons. The highest BCUT2D eigenvalue weighted by Gasteiger charge is 2.40. The molecule has 10 rings (SSSR count). The van der Waals surface area contributed by atoms with Gasteiger partial charge >= 0.3 is 0 Å². The van der Waals surface area contributed by atoms with E-state index in [2.05, 4.69) is 0 Å². The molecular weight excluding hydrogens is 627 g/mol. The lowest BCUT2D eigenvalue weighted by molar-refractivity contribution is 0.674. The van der Waals surface area contributed by atoms with Gasteiger partial charge in [0.15, 0.2) is 17.5 Å². The molecular formula is C45H31N3OSi. The van der Waals surface area contributed by atoms with Gasteiger partial charge < -0.3 is 4.42 Å². The van der Waals surface area contributed by atoms with Crippen molar-refractivity contribution in [2.24, 2.45) is 0 Å². The summed E-state index contributed by atoms with van der Waals surface area (Å²) in [6.07, 6.45) is 0.